The number of aromatic nitrogens is 1. The van der Waals surface area contributed by atoms with Crippen LogP contribution in [-0.4, -0.2) is 21.7 Å². The van der Waals surface area contributed by atoms with E-state index in [1.165, 1.54) is 36.5 Å². The van der Waals surface area contributed by atoms with E-state index < -0.39 is 4.92 Å². The van der Waals surface area contributed by atoms with Gasteiger partial charge in [0.05, 0.1) is 15.1 Å². The Labute approximate surface area is 157 Å². The number of nitrogens with one attached hydrogen (secondary N) is 2. The number of rotatable bonds is 5. The number of anilines is 2. The topological polar surface area (TPSA) is 114 Å². The van der Waals surface area contributed by atoms with Crippen molar-refractivity contribution in [2.45, 2.75) is 6.92 Å². The highest BCUT2D eigenvalue weighted by molar-refractivity contribution is 7.22. The van der Waals surface area contributed by atoms with E-state index >= 15 is 0 Å². The number of nitrogens with zero attached hydrogens (tertiary/aromatic N) is 2. The van der Waals surface area contributed by atoms with E-state index in [1.54, 1.807) is 36.4 Å². The number of carbonyl (C=O) groups excluding carboxylic acids is 2. The van der Waals surface area contributed by atoms with Gasteiger partial charge in [-0.15, -0.1) is 0 Å². The van der Waals surface area contributed by atoms with Crippen molar-refractivity contribution in [1.29, 1.82) is 0 Å². The predicted molar refractivity (Wildman–Crippen MR) is 105 cm³/mol. The quantitative estimate of drug-likeness (QED) is 0.396. The molecule has 0 aliphatic heterocycles. The number of benzene rings is 2. The van der Waals surface area contributed by atoms with Crippen LogP contribution >= 0.6 is 11.3 Å². The number of non-ortho nitro benzene ring substituents is 1. The molecule has 0 spiro atoms. The third-order valence-corrected chi connectivity index (χ3v) is 4.40. The smallest absolute Gasteiger partial charge is 0.269 e. The standard InChI is InChI=1S/C18H14N4O4S/c1-11(23)19-13-5-8-15-16(10-13)27-18(20-15)21-17(24)9-4-12-2-6-14(7-3-12)22(25)26/h2-10H,1H3,(H,19,23)(H,20,21,24)/b9-4+. The van der Waals surface area contributed by atoms with Crippen LogP contribution in [-0.2, 0) is 9.59 Å². The lowest BCUT2D eigenvalue weighted by Gasteiger charge is -1.99. The maximum absolute atomic E-state index is 12.1. The van der Waals surface area contributed by atoms with Gasteiger partial charge >= 0.3 is 0 Å². The monoisotopic (exact) mass is 382 g/mol. The third-order valence-electron chi connectivity index (χ3n) is 3.47. The first-order valence-corrected chi connectivity index (χ1v) is 8.64. The van der Waals surface area contributed by atoms with Crippen molar-refractivity contribution in [3.05, 3.63) is 64.2 Å². The molecule has 9 heteroatoms. The van der Waals surface area contributed by atoms with Gasteiger partial charge in [-0.3, -0.25) is 25.0 Å². The molecule has 1 aromatic heterocycles. The van der Waals surface area contributed by atoms with Gasteiger partial charge in [-0.25, -0.2) is 4.98 Å². The Morgan fingerprint density at radius 3 is 2.56 bits per heavy atom. The second kappa shape index (κ2) is 7.75. The molecule has 0 aliphatic rings. The van der Waals surface area contributed by atoms with Gasteiger partial charge in [-0.05, 0) is 42.0 Å². The van der Waals surface area contributed by atoms with Crippen molar-refractivity contribution in [1.82, 2.24) is 4.98 Å². The zero-order valence-corrected chi connectivity index (χ0v) is 14.9. The van der Waals surface area contributed by atoms with E-state index in [2.05, 4.69) is 15.6 Å². The van der Waals surface area contributed by atoms with Crippen LogP contribution in [0.3, 0.4) is 0 Å². The molecule has 2 N–H and O–H groups in total. The molecule has 0 bridgehead atoms. The Kier molecular flexibility index (Phi) is 5.23. The lowest BCUT2D eigenvalue weighted by molar-refractivity contribution is -0.384. The van der Waals surface area contributed by atoms with Crippen molar-refractivity contribution in [2.75, 3.05) is 10.6 Å². The molecule has 8 nitrogen and oxygen atoms in total. The lowest BCUT2D eigenvalue weighted by atomic mass is 10.2. The molecule has 2 aromatic carbocycles. The SMILES string of the molecule is CC(=O)Nc1ccc2nc(NC(=O)/C=C/c3ccc([N+](=O)[O-])cc3)sc2c1. The second-order valence-corrected chi connectivity index (χ2v) is 6.58. The summed E-state index contributed by atoms with van der Waals surface area (Å²) in [5.41, 5.74) is 2.03. The largest absolute Gasteiger partial charge is 0.326 e. The molecule has 27 heavy (non-hydrogen) atoms. The zero-order chi connectivity index (χ0) is 19.4. The first-order valence-electron chi connectivity index (χ1n) is 7.82. The number of amides is 2. The molecular formula is C18H14N4O4S. The fourth-order valence-electron chi connectivity index (χ4n) is 2.29. The molecule has 0 atom stereocenters. The van der Waals surface area contributed by atoms with E-state index in [4.69, 9.17) is 0 Å². The van der Waals surface area contributed by atoms with Gasteiger partial charge < -0.3 is 5.32 Å². The molecule has 0 saturated carbocycles. The summed E-state index contributed by atoms with van der Waals surface area (Å²) < 4.78 is 0.830. The third kappa shape index (κ3) is 4.73. The highest BCUT2D eigenvalue weighted by atomic mass is 32.1. The van der Waals surface area contributed by atoms with Crippen molar-refractivity contribution in [3.8, 4) is 0 Å². The Hall–Kier alpha value is -3.59. The zero-order valence-electron chi connectivity index (χ0n) is 14.1. The first-order chi connectivity index (χ1) is 12.9. The van der Waals surface area contributed by atoms with Gasteiger partial charge in [0.1, 0.15) is 0 Å². The van der Waals surface area contributed by atoms with Crippen LogP contribution in [0, 0.1) is 10.1 Å². The summed E-state index contributed by atoms with van der Waals surface area (Å²) in [5, 5.41) is 16.4. The summed E-state index contributed by atoms with van der Waals surface area (Å²) in [5.74, 6) is -0.529. The molecule has 1 heterocycles. The van der Waals surface area contributed by atoms with Crippen molar-refractivity contribution >= 4 is 56.0 Å². The van der Waals surface area contributed by atoms with Crippen LogP contribution in [0.15, 0.2) is 48.5 Å². The average molecular weight is 382 g/mol. The van der Waals surface area contributed by atoms with Crippen LogP contribution in [0.4, 0.5) is 16.5 Å². The molecule has 0 fully saturated rings. The van der Waals surface area contributed by atoms with E-state index in [1.807, 2.05) is 0 Å². The minimum absolute atomic E-state index is 0.00953. The number of fused-ring (bicyclic) bond motifs is 1. The van der Waals surface area contributed by atoms with Crippen molar-refractivity contribution in [3.63, 3.8) is 0 Å². The first kappa shape index (κ1) is 18.2. The molecule has 0 unspecified atom stereocenters. The summed E-state index contributed by atoms with van der Waals surface area (Å²) in [6.45, 7) is 1.43. The van der Waals surface area contributed by atoms with Crippen LogP contribution in [0.2, 0.25) is 0 Å². The van der Waals surface area contributed by atoms with E-state index in [0.29, 0.717) is 21.9 Å². The fourth-order valence-corrected chi connectivity index (χ4v) is 3.19. The van der Waals surface area contributed by atoms with Crippen molar-refractivity contribution < 1.29 is 14.5 Å². The van der Waals surface area contributed by atoms with Gasteiger partial charge in [0.25, 0.3) is 5.69 Å². The van der Waals surface area contributed by atoms with Crippen molar-refractivity contribution in [2.24, 2.45) is 0 Å². The van der Waals surface area contributed by atoms with Gasteiger partial charge in [-0.2, -0.15) is 0 Å². The Morgan fingerprint density at radius 2 is 1.89 bits per heavy atom. The van der Waals surface area contributed by atoms with Gasteiger partial charge in [0.15, 0.2) is 5.13 Å². The second-order valence-electron chi connectivity index (χ2n) is 5.55. The number of nitro groups is 1. The molecule has 3 aromatic rings. The van der Waals surface area contributed by atoms with Gasteiger partial charge in [0.2, 0.25) is 11.8 Å². The van der Waals surface area contributed by atoms with Crippen LogP contribution in [0.5, 0.6) is 0 Å². The van der Waals surface area contributed by atoms with Crippen LogP contribution in [0.25, 0.3) is 16.3 Å². The minimum Gasteiger partial charge on any atom is -0.326 e. The fraction of sp³-hybridized carbons (Fsp3) is 0.0556. The maximum Gasteiger partial charge on any atom is 0.269 e. The molecular weight excluding hydrogens is 368 g/mol. The van der Waals surface area contributed by atoms with E-state index in [-0.39, 0.29) is 17.5 Å². The summed E-state index contributed by atoms with van der Waals surface area (Å²) >= 11 is 1.29. The summed E-state index contributed by atoms with van der Waals surface area (Å²) in [6.07, 6.45) is 2.89. The van der Waals surface area contributed by atoms with Gasteiger partial charge in [0, 0.05) is 30.8 Å². The number of nitro benzene ring substituents is 1. The average Bonchev–Trinajstić information content (AvgIpc) is 3.01. The number of carbonyl (C=O) groups is 2. The highest BCUT2D eigenvalue weighted by Crippen LogP contribution is 2.28. The van der Waals surface area contributed by atoms with E-state index in [9.17, 15) is 19.7 Å². The minimum atomic E-state index is -0.481. The summed E-state index contributed by atoms with van der Waals surface area (Å²) in [7, 11) is 0. The Morgan fingerprint density at radius 1 is 1.15 bits per heavy atom. The molecule has 0 saturated heterocycles. The highest BCUT2D eigenvalue weighted by Gasteiger charge is 2.08. The lowest BCUT2D eigenvalue weighted by Crippen LogP contribution is -2.07. The molecule has 0 radical (unpaired) electrons. The van der Waals surface area contributed by atoms with Gasteiger partial charge in [-0.1, -0.05) is 11.3 Å². The number of thiazole rings is 1. The molecule has 136 valence electrons. The summed E-state index contributed by atoms with van der Waals surface area (Å²) in [6, 6.07) is 11.2. The van der Waals surface area contributed by atoms with Crippen LogP contribution in [0.1, 0.15) is 12.5 Å². The van der Waals surface area contributed by atoms with E-state index in [0.717, 1.165) is 4.70 Å². The predicted octanol–water partition coefficient (Wildman–Crippen LogP) is 3.81. The normalized spacial score (nSPS) is 10.9. The molecule has 2 amide bonds. The van der Waals surface area contributed by atoms with Crippen LogP contribution < -0.4 is 10.6 Å². The summed E-state index contributed by atoms with van der Waals surface area (Å²) in [4.78, 5) is 37.6. The molecule has 0 aliphatic carbocycles. The Balaban J connectivity index is 1.68. The number of hydrogen-bond acceptors (Lipinski definition) is 6. The molecule has 3 rings (SSSR count). The number of hydrogen-bond donors (Lipinski definition) is 2. The Bertz CT molecular complexity index is 1060. The maximum atomic E-state index is 12.1.